The van der Waals surface area contributed by atoms with Gasteiger partial charge in [0, 0.05) is 20.2 Å². The Balaban J connectivity index is 2.29. The molecule has 0 aromatic heterocycles. The van der Waals surface area contributed by atoms with E-state index in [0.29, 0.717) is 31.4 Å². The predicted molar refractivity (Wildman–Crippen MR) is 59.4 cm³/mol. The zero-order chi connectivity index (χ0) is 11.1. The zero-order valence-electron chi connectivity index (χ0n) is 8.73. The van der Waals surface area contributed by atoms with Crippen molar-refractivity contribution in [1.29, 1.82) is 5.26 Å². The van der Waals surface area contributed by atoms with Crippen LogP contribution in [0.25, 0.3) is 0 Å². The second kappa shape index (κ2) is 6.56. The third kappa shape index (κ3) is 4.00. The number of morpholine rings is 1. The molecule has 15 heavy (non-hydrogen) atoms. The molecular formula is C9H15N3O2S. The minimum Gasteiger partial charge on any atom is -0.383 e. The van der Waals surface area contributed by atoms with Crippen molar-refractivity contribution >= 4 is 17.3 Å². The Morgan fingerprint density at radius 1 is 1.80 bits per heavy atom. The maximum Gasteiger partial charge on any atom is 0.169 e. The second-order valence-electron chi connectivity index (χ2n) is 3.16. The van der Waals surface area contributed by atoms with Crippen molar-refractivity contribution in [3.8, 4) is 6.07 Å². The number of methoxy groups -OCH3 is 1. The third-order valence-electron chi connectivity index (χ3n) is 2.08. The van der Waals surface area contributed by atoms with Crippen LogP contribution < -0.4 is 5.32 Å². The molecule has 1 saturated heterocycles. The summed E-state index contributed by atoms with van der Waals surface area (Å²) in [6.45, 7) is 3.12. The van der Waals surface area contributed by atoms with E-state index in [9.17, 15) is 0 Å². The van der Waals surface area contributed by atoms with Gasteiger partial charge in [0.1, 0.15) is 0 Å². The van der Waals surface area contributed by atoms with E-state index in [1.165, 1.54) is 0 Å². The summed E-state index contributed by atoms with van der Waals surface area (Å²) in [6.07, 6.45) is -0.374. The zero-order valence-corrected chi connectivity index (χ0v) is 9.55. The van der Waals surface area contributed by atoms with Crippen molar-refractivity contribution in [1.82, 2.24) is 10.2 Å². The highest BCUT2D eigenvalue weighted by Gasteiger charge is 2.21. The lowest BCUT2D eigenvalue weighted by Crippen LogP contribution is -2.49. The fourth-order valence-electron chi connectivity index (χ4n) is 1.28. The minimum atomic E-state index is -0.374. The Morgan fingerprint density at radius 3 is 3.27 bits per heavy atom. The van der Waals surface area contributed by atoms with E-state index in [1.54, 1.807) is 7.11 Å². The molecule has 1 N–H and O–H groups in total. The molecular weight excluding hydrogens is 214 g/mol. The fraction of sp³-hybridized carbons (Fsp3) is 0.778. The molecule has 1 rings (SSSR count). The Morgan fingerprint density at radius 2 is 2.60 bits per heavy atom. The molecule has 1 fully saturated rings. The van der Waals surface area contributed by atoms with Crippen molar-refractivity contribution in [2.75, 3.05) is 40.0 Å². The highest BCUT2D eigenvalue weighted by Crippen LogP contribution is 2.04. The fourth-order valence-corrected chi connectivity index (χ4v) is 1.55. The molecule has 0 radical (unpaired) electrons. The van der Waals surface area contributed by atoms with Gasteiger partial charge in [-0.05, 0) is 12.2 Å². The van der Waals surface area contributed by atoms with Crippen LogP contribution in [0.5, 0.6) is 0 Å². The summed E-state index contributed by atoms with van der Waals surface area (Å²) in [5, 5.41) is 12.4. The van der Waals surface area contributed by atoms with Crippen LogP contribution in [0.1, 0.15) is 0 Å². The molecule has 1 heterocycles. The third-order valence-corrected chi connectivity index (χ3v) is 2.48. The first-order valence-corrected chi connectivity index (χ1v) is 5.21. The molecule has 1 atom stereocenters. The first-order valence-electron chi connectivity index (χ1n) is 4.81. The number of rotatable bonds is 3. The second-order valence-corrected chi connectivity index (χ2v) is 3.55. The Bertz CT molecular complexity index is 254. The molecule has 0 aromatic carbocycles. The van der Waals surface area contributed by atoms with Gasteiger partial charge in [-0.25, -0.2) is 0 Å². The van der Waals surface area contributed by atoms with Gasteiger partial charge in [-0.2, -0.15) is 5.26 Å². The maximum atomic E-state index is 8.72. The van der Waals surface area contributed by atoms with Gasteiger partial charge in [0.05, 0.1) is 25.8 Å². The lowest BCUT2D eigenvalue weighted by molar-refractivity contribution is 0.0261. The molecule has 0 bridgehead atoms. The average Bonchev–Trinajstić information content (AvgIpc) is 2.29. The number of nitrogens with one attached hydrogen (secondary N) is 1. The van der Waals surface area contributed by atoms with Crippen molar-refractivity contribution in [3.05, 3.63) is 0 Å². The first kappa shape index (κ1) is 12.2. The van der Waals surface area contributed by atoms with Crippen LogP contribution in [0.2, 0.25) is 0 Å². The number of nitriles is 1. The van der Waals surface area contributed by atoms with Crippen molar-refractivity contribution in [2.45, 2.75) is 6.10 Å². The minimum absolute atomic E-state index is 0.374. The van der Waals surface area contributed by atoms with Gasteiger partial charge in [-0.1, -0.05) is 0 Å². The lowest BCUT2D eigenvalue weighted by Gasteiger charge is -2.31. The molecule has 0 spiro atoms. The lowest BCUT2D eigenvalue weighted by atomic mass is 10.3. The highest BCUT2D eigenvalue weighted by molar-refractivity contribution is 7.80. The van der Waals surface area contributed by atoms with Crippen LogP contribution in [0, 0.1) is 11.3 Å². The van der Waals surface area contributed by atoms with Crippen LogP contribution in [0.4, 0.5) is 0 Å². The van der Waals surface area contributed by atoms with Gasteiger partial charge >= 0.3 is 0 Å². The molecule has 1 aliphatic rings. The largest absolute Gasteiger partial charge is 0.383 e. The normalized spacial score (nSPS) is 20.8. The van der Waals surface area contributed by atoms with E-state index in [0.717, 1.165) is 6.54 Å². The van der Waals surface area contributed by atoms with Gasteiger partial charge in [0.2, 0.25) is 0 Å². The van der Waals surface area contributed by atoms with Gasteiger partial charge in [0.15, 0.2) is 11.2 Å². The standard InChI is InChI=1S/C9H15N3O2S/c1-13-4-2-11-9(15)12-3-5-14-8(6-10)7-12/h8H,2-5,7H2,1H3,(H,11,15). The number of ether oxygens (including phenoxy) is 2. The summed E-state index contributed by atoms with van der Waals surface area (Å²) in [6, 6.07) is 2.08. The van der Waals surface area contributed by atoms with E-state index in [-0.39, 0.29) is 6.10 Å². The van der Waals surface area contributed by atoms with Crippen LogP contribution in [-0.2, 0) is 9.47 Å². The predicted octanol–water partition coefficient (Wildman–Crippen LogP) is -0.268. The van der Waals surface area contributed by atoms with E-state index in [4.69, 9.17) is 27.0 Å². The van der Waals surface area contributed by atoms with Crippen LogP contribution in [0.3, 0.4) is 0 Å². The quantitative estimate of drug-likeness (QED) is 0.531. The van der Waals surface area contributed by atoms with E-state index in [2.05, 4.69) is 11.4 Å². The topological polar surface area (TPSA) is 57.5 Å². The summed E-state index contributed by atoms with van der Waals surface area (Å²) >= 11 is 5.18. The van der Waals surface area contributed by atoms with Gasteiger partial charge in [-0.3, -0.25) is 0 Å². The summed E-state index contributed by atoms with van der Waals surface area (Å²) in [4.78, 5) is 1.95. The van der Waals surface area contributed by atoms with Crippen LogP contribution in [0.15, 0.2) is 0 Å². The number of hydrogen-bond donors (Lipinski definition) is 1. The van der Waals surface area contributed by atoms with Crippen molar-refractivity contribution in [2.24, 2.45) is 0 Å². The van der Waals surface area contributed by atoms with E-state index in [1.807, 2.05) is 4.90 Å². The van der Waals surface area contributed by atoms with E-state index >= 15 is 0 Å². The number of thiocarbonyl (C=S) groups is 1. The first-order chi connectivity index (χ1) is 7.27. The number of nitrogens with zero attached hydrogens (tertiary/aromatic N) is 2. The molecule has 6 heteroatoms. The summed E-state index contributed by atoms with van der Waals surface area (Å²) in [5.74, 6) is 0. The molecule has 0 aromatic rings. The summed E-state index contributed by atoms with van der Waals surface area (Å²) in [7, 11) is 1.64. The molecule has 1 unspecified atom stereocenters. The van der Waals surface area contributed by atoms with Gasteiger partial charge in [-0.15, -0.1) is 0 Å². The Hall–Kier alpha value is -0.900. The average molecular weight is 229 g/mol. The van der Waals surface area contributed by atoms with E-state index < -0.39 is 0 Å². The van der Waals surface area contributed by atoms with Crippen LogP contribution in [-0.4, -0.2) is 56.1 Å². The number of hydrogen-bond acceptors (Lipinski definition) is 4. The Kier molecular flexibility index (Phi) is 5.32. The summed E-state index contributed by atoms with van der Waals surface area (Å²) < 4.78 is 10.1. The molecule has 1 aliphatic heterocycles. The molecule has 84 valence electrons. The molecule has 5 nitrogen and oxygen atoms in total. The van der Waals surface area contributed by atoms with Gasteiger partial charge < -0.3 is 19.7 Å². The summed E-state index contributed by atoms with van der Waals surface area (Å²) in [5.41, 5.74) is 0. The SMILES string of the molecule is COCCNC(=S)N1CCOC(C#N)C1. The molecule has 0 aliphatic carbocycles. The molecule has 0 saturated carbocycles. The van der Waals surface area contributed by atoms with Gasteiger partial charge in [0.25, 0.3) is 0 Å². The smallest absolute Gasteiger partial charge is 0.169 e. The Labute approximate surface area is 94.9 Å². The van der Waals surface area contributed by atoms with Crippen LogP contribution >= 0.6 is 12.2 Å². The highest BCUT2D eigenvalue weighted by atomic mass is 32.1. The maximum absolute atomic E-state index is 8.72. The van der Waals surface area contributed by atoms with Crippen molar-refractivity contribution < 1.29 is 9.47 Å². The van der Waals surface area contributed by atoms with Crippen molar-refractivity contribution in [3.63, 3.8) is 0 Å². The molecule has 0 amide bonds. The monoisotopic (exact) mass is 229 g/mol.